The zero-order valence-corrected chi connectivity index (χ0v) is 5.98. The molecule has 0 heterocycles. The summed E-state index contributed by atoms with van der Waals surface area (Å²) in [5.74, 6) is 3.26. The van der Waals surface area contributed by atoms with E-state index in [1.54, 1.807) is 0 Å². The molecule has 52 valence electrons. The molecule has 0 nitrogen and oxygen atoms in total. The van der Waals surface area contributed by atoms with E-state index in [0.29, 0.717) is 35.5 Å². The second-order valence-corrected chi connectivity index (χ2v) is 5.46. The molecule has 0 amide bonds. The van der Waals surface area contributed by atoms with Gasteiger partial charge in [-0.15, -0.1) is 11.6 Å². The van der Waals surface area contributed by atoms with Gasteiger partial charge in [0.1, 0.15) is 5.67 Å². The molecule has 0 aliphatic heterocycles. The standard InChI is InChI=1S/C8H6ClF/c9-7-1-4-2(7)6-3(7)5(1)8(4,6)10/h1-6H. The van der Waals surface area contributed by atoms with Crippen molar-refractivity contribution in [3.8, 4) is 0 Å². The molecule has 6 aliphatic carbocycles. The monoisotopic (exact) mass is 156 g/mol. The van der Waals surface area contributed by atoms with Crippen LogP contribution in [0.4, 0.5) is 4.39 Å². The first kappa shape index (κ1) is 4.30. The molecule has 0 aromatic rings. The molecular formula is C8H6ClF. The van der Waals surface area contributed by atoms with Crippen LogP contribution in [0.3, 0.4) is 0 Å². The first-order valence-electron chi connectivity index (χ1n) is 4.11. The van der Waals surface area contributed by atoms with Gasteiger partial charge in [0.2, 0.25) is 0 Å². The fourth-order valence-electron chi connectivity index (χ4n) is 5.26. The highest BCUT2D eigenvalue weighted by molar-refractivity contribution is 6.28. The van der Waals surface area contributed by atoms with Crippen LogP contribution in [0.1, 0.15) is 0 Å². The highest BCUT2D eigenvalue weighted by Gasteiger charge is 3.11. The summed E-state index contributed by atoms with van der Waals surface area (Å²) in [6.45, 7) is 0. The molecule has 0 atom stereocenters. The minimum Gasteiger partial charge on any atom is -0.243 e. The zero-order valence-electron chi connectivity index (χ0n) is 5.22. The van der Waals surface area contributed by atoms with Gasteiger partial charge in [-0.1, -0.05) is 0 Å². The van der Waals surface area contributed by atoms with Crippen LogP contribution in [0.2, 0.25) is 0 Å². The van der Waals surface area contributed by atoms with E-state index in [0.717, 1.165) is 0 Å². The molecule has 0 spiro atoms. The Morgan fingerprint density at radius 3 is 1.60 bits per heavy atom. The average Bonchev–Trinajstić information content (AvgIpc) is 1.99. The summed E-state index contributed by atoms with van der Waals surface area (Å²) >= 11 is 6.28. The van der Waals surface area contributed by atoms with Gasteiger partial charge in [0.15, 0.2) is 0 Å². The van der Waals surface area contributed by atoms with E-state index in [-0.39, 0.29) is 4.87 Å². The summed E-state index contributed by atoms with van der Waals surface area (Å²) in [6, 6.07) is 0. The van der Waals surface area contributed by atoms with Crippen LogP contribution < -0.4 is 0 Å². The second-order valence-electron chi connectivity index (χ2n) is 4.81. The molecule has 6 saturated carbocycles. The summed E-state index contributed by atoms with van der Waals surface area (Å²) < 4.78 is 13.5. The number of rotatable bonds is 0. The minimum absolute atomic E-state index is 0.174. The van der Waals surface area contributed by atoms with Gasteiger partial charge in [-0.3, -0.25) is 0 Å². The van der Waals surface area contributed by atoms with Crippen LogP contribution in [-0.2, 0) is 0 Å². The van der Waals surface area contributed by atoms with E-state index in [2.05, 4.69) is 0 Å². The van der Waals surface area contributed by atoms with E-state index in [4.69, 9.17) is 11.6 Å². The van der Waals surface area contributed by atoms with Crippen LogP contribution in [0, 0.1) is 35.5 Å². The normalized spacial score (nSPS) is 104. The lowest BCUT2D eigenvalue weighted by molar-refractivity contribution is -0.589. The predicted molar refractivity (Wildman–Crippen MR) is 33.4 cm³/mol. The predicted octanol–water partition coefficient (Wildman–Crippen LogP) is 1.44. The number of hydrogen-bond acceptors (Lipinski definition) is 0. The maximum Gasteiger partial charge on any atom is 0.121 e. The fraction of sp³-hybridized carbons (Fsp3) is 1.00. The van der Waals surface area contributed by atoms with Gasteiger partial charge in [0.25, 0.3) is 0 Å². The SMILES string of the molecule is FC12C3C4C1C1C2C3C41Cl. The molecule has 6 rings (SSSR count). The smallest absolute Gasteiger partial charge is 0.121 e. The Morgan fingerprint density at radius 2 is 1.30 bits per heavy atom. The van der Waals surface area contributed by atoms with Gasteiger partial charge in [-0.25, -0.2) is 4.39 Å². The number of hydrogen-bond donors (Lipinski definition) is 0. The zero-order chi connectivity index (χ0) is 6.46. The third-order valence-electron chi connectivity index (χ3n) is 5.39. The van der Waals surface area contributed by atoms with Crippen molar-refractivity contribution in [1.82, 2.24) is 0 Å². The van der Waals surface area contributed by atoms with Crippen molar-refractivity contribution in [3.63, 3.8) is 0 Å². The Hall–Kier alpha value is 0.220. The number of halogens is 2. The van der Waals surface area contributed by atoms with Crippen molar-refractivity contribution in [2.24, 2.45) is 35.5 Å². The van der Waals surface area contributed by atoms with Crippen LogP contribution in [0.15, 0.2) is 0 Å². The lowest BCUT2D eigenvalue weighted by Crippen LogP contribution is -3.13. The summed E-state index contributed by atoms with van der Waals surface area (Å²) in [5, 5.41) is 0. The number of alkyl halides is 2. The maximum atomic E-state index is 13.5. The van der Waals surface area contributed by atoms with Gasteiger partial charge < -0.3 is 0 Å². The van der Waals surface area contributed by atoms with Gasteiger partial charge in [0, 0.05) is 17.8 Å². The molecule has 0 aromatic heterocycles. The molecule has 0 unspecified atom stereocenters. The van der Waals surface area contributed by atoms with Gasteiger partial charge in [-0.05, 0) is 17.8 Å². The molecule has 0 bridgehead atoms. The molecule has 10 heavy (non-hydrogen) atoms. The van der Waals surface area contributed by atoms with Crippen molar-refractivity contribution >= 4 is 11.6 Å². The van der Waals surface area contributed by atoms with Crippen molar-refractivity contribution in [3.05, 3.63) is 0 Å². The quantitative estimate of drug-likeness (QED) is 0.466. The van der Waals surface area contributed by atoms with Crippen LogP contribution >= 0.6 is 11.6 Å². The Morgan fingerprint density at radius 1 is 0.900 bits per heavy atom. The molecule has 0 radical (unpaired) electrons. The lowest BCUT2D eigenvalue weighted by Gasteiger charge is -3.07. The third kappa shape index (κ3) is 0.118. The largest absolute Gasteiger partial charge is 0.243 e. The fourth-order valence-corrected chi connectivity index (χ4v) is 6.08. The second kappa shape index (κ2) is 0.682. The average molecular weight is 157 g/mol. The van der Waals surface area contributed by atoms with Crippen molar-refractivity contribution < 1.29 is 4.39 Å². The minimum atomic E-state index is -0.642. The molecule has 6 aliphatic rings. The van der Waals surface area contributed by atoms with Crippen molar-refractivity contribution in [2.45, 2.75) is 10.5 Å². The highest BCUT2D eigenvalue weighted by Crippen LogP contribution is 3.06. The Bertz CT molecular complexity index is 214. The Balaban J connectivity index is 1.87. The summed E-state index contributed by atoms with van der Waals surface area (Å²) in [4.78, 5) is 0.174. The first-order valence-corrected chi connectivity index (χ1v) is 4.49. The molecule has 0 saturated heterocycles. The lowest BCUT2D eigenvalue weighted by atomic mass is 9.00. The molecular weight excluding hydrogens is 151 g/mol. The first-order chi connectivity index (χ1) is 4.73. The Kier molecular flexibility index (Phi) is 0.293. The van der Waals surface area contributed by atoms with Gasteiger partial charge in [0.05, 0.1) is 4.87 Å². The van der Waals surface area contributed by atoms with Crippen LogP contribution in [0.5, 0.6) is 0 Å². The summed E-state index contributed by atoms with van der Waals surface area (Å²) in [7, 11) is 0. The summed E-state index contributed by atoms with van der Waals surface area (Å²) in [6.07, 6.45) is 0. The van der Waals surface area contributed by atoms with E-state index in [9.17, 15) is 4.39 Å². The molecule has 6 fully saturated rings. The maximum absolute atomic E-state index is 13.5. The van der Waals surface area contributed by atoms with Gasteiger partial charge in [-0.2, -0.15) is 0 Å². The van der Waals surface area contributed by atoms with Crippen molar-refractivity contribution in [1.29, 1.82) is 0 Å². The van der Waals surface area contributed by atoms with Crippen LogP contribution in [-0.4, -0.2) is 10.5 Å². The van der Waals surface area contributed by atoms with E-state index in [1.807, 2.05) is 0 Å². The molecule has 2 heteroatoms. The summed E-state index contributed by atoms with van der Waals surface area (Å²) in [5.41, 5.74) is -0.642. The van der Waals surface area contributed by atoms with E-state index in [1.165, 1.54) is 0 Å². The van der Waals surface area contributed by atoms with Crippen molar-refractivity contribution in [2.75, 3.05) is 0 Å². The highest BCUT2D eigenvalue weighted by atomic mass is 35.5. The topological polar surface area (TPSA) is 0 Å². The van der Waals surface area contributed by atoms with E-state index < -0.39 is 5.67 Å². The Labute approximate surface area is 62.7 Å². The van der Waals surface area contributed by atoms with Gasteiger partial charge >= 0.3 is 0 Å². The van der Waals surface area contributed by atoms with Crippen LogP contribution in [0.25, 0.3) is 0 Å². The molecule has 0 N–H and O–H groups in total. The van der Waals surface area contributed by atoms with E-state index >= 15 is 0 Å². The molecule has 0 aromatic carbocycles. The third-order valence-corrected chi connectivity index (χ3v) is 6.14.